The van der Waals surface area contributed by atoms with E-state index in [-0.39, 0.29) is 23.6 Å². The third kappa shape index (κ3) is 3.03. The fourth-order valence-electron chi connectivity index (χ4n) is 2.03. The first kappa shape index (κ1) is 15.4. The number of nitriles is 1. The Balaban J connectivity index is 2.50. The number of nitro benzene ring substituents is 1. The third-order valence-electron chi connectivity index (χ3n) is 2.76. The van der Waals surface area contributed by atoms with E-state index in [4.69, 9.17) is 10.00 Å². The molecule has 0 aliphatic rings. The van der Waals surface area contributed by atoms with Gasteiger partial charge in [0.2, 0.25) is 5.82 Å². The molecule has 0 bridgehead atoms. The predicted molar refractivity (Wildman–Crippen MR) is 76.9 cm³/mol. The Morgan fingerprint density at radius 3 is 2.73 bits per heavy atom. The lowest BCUT2D eigenvalue weighted by Crippen LogP contribution is -2.26. The highest BCUT2D eigenvalue weighted by atomic mass is 16.6. The molecule has 0 atom stereocenters. The molecular weight excluding hydrogens is 288 g/mol. The molecule has 0 fully saturated rings. The van der Waals surface area contributed by atoms with Crippen molar-refractivity contribution in [3.8, 4) is 6.07 Å². The maximum Gasteiger partial charge on any atom is 0.326 e. The molecule has 8 heteroatoms. The number of ether oxygens (including phenoxy) is 1. The molecule has 0 unspecified atom stereocenters. The molecule has 0 spiro atoms. The van der Waals surface area contributed by atoms with Gasteiger partial charge in [0.1, 0.15) is 18.2 Å². The number of rotatable bonds is 3. The molecule has 0 saturated carbocycles. The van der Waals surface area contributed by atoms with Crippen molar-refractivity contribution in [3.63, 3.8) is 0 Å². The van der Waals surface area contributed by atoms with Gasteiger partial charge in [-0.15, -0.1) is 0 Å². The fraction of sp³-hybridized carbons (Fsp3) is 0.357. The van der Waals surface area contributed by atoms with Crippen LogP contribution >= 0.6 is 0 Å². The number of non-ortho nitro benzene ring substituents is 1. The molecule has 22 heavy (non-hydrogen) atoms. The zero-order valence-corrected chi connectivity index (χ0v) is 12.4. The monoisotopic (exact) mass is 302 g/mol. The molecule has 0 aliphatic heterocycles. The van der Waals surface area contributed by atoms with E-state index in [1.165, 1.54) is 16.7 Å². The molecule has 0 radical (unpaired) electrons. The van der Waals surface area contributed by atoms with E-state index in [0.717, 1.165) is 0 Å². The molecule has 114 valence electrons. The Morgan fingerprint density at radius 1 is 1.50 bits per heavy atom. The first-order valence-corrected chi connectivity index (χ1v) is 6.48. The molecule has 0 N–H and O–H groups in total. The Hall–Kier alpha value is -2.95. The Morgan fingerprint density at radius 2 is 2.18 bits per heavy atom. The highest BCUT2D eigenvalue weighted by molar-refractivity contribution is 5.87. The minimum Gasteiger partial charge on any atom is -0.459 e. The van der Waals surface area contributed by atoms with Gasteiger partial charge in [0, 0.05) is 6.07 Å². The van der Waals surface area contributed by atoms with Crippen LogP contribution in [0, 0.1) is 21.4 Å². The molecule has 1 heterocycles. The molecule has 1 aromatic heterocycles. The Bertz CT molecular complexity index is 796. The normalized spacial score (nSPS) is 11.2. The summed E-state index contributed by atoms with van der Waals surface area (Å²) in [4.78, 5) is 26.3. The van der Waals surface area contributed by atoms with Gasteiger partial charge in [0.25, 0.3) is 5.69 Å². The van der Waals surface area contributed by atoms with E-state index >= 15 is 0 Å². The summed E-state index contributed by atoms with van der Waals surface area (Å²) in [6.45, 7) is 4.95. The van der Waals surface area contributed by atoms with Crippen LogP contribution < -0.4 is 0 Å². The maximum atomic E-state index is 11.9. The van der Waals surface area contributed by atoms with Crippen molar-refractivity contribution in [3.05, 3.63) is 34.1 Å². The molecule has 0 aliphatic carbocycles. The largest absolute Gasteiger partial charge is 0.459 e. The summed E-state index contributed by atoms with van der Waals surface area (Å²) in [5.74, 6) is -0.620. The molecule has 2 aromatic rings. The number of aromatic nitrogens is 2. The van der Waals surface area contributed by atoms with Crippen LogP contribution in [0.3, 0.4) is 0 Å². The highest BCUT2D eigenvalue weighted by Crippen LogP contribution is 2.25. The van der Waals surface area contributed by atoms with Gasteiger partial charge >= 0.3 is 5.97 Å². The lowest BCUT2D eigenvalue weighted by Gasteiger charge is -2.19. The van der Waals surface area contributed by atoms with Crippen molar-refractivity contribution in [2.24, 2.45) is 0 Å². The van der Waals surface area contributed by atoms with Crippen LogP contribution in [0.15, 0.2) is 18.2 Å². The van der Waals surface area contributed by atoms with Crippen molar-refractivity contribution in [1.82, 2.24) is 9.55 Å². The predicted octanol–water partition coefficient (Wildman–Crippen LogP) is 2.16. The zero-order chi connectivity index (χ0) is 16.5. The Kier molecular flexibility index (Phi) is 3.82. The van der Waals surface area contributed by atoms with E-state index in [1.54, 1.807) is 26.8 Å². The van der Waals surface area contributed by atoms with E-state index in [0.29, 0.717) is 5.52 Å². The van der Waals surface area contributed by atoms with Crippen LogP contribution in [0.2, 0.25) is 0 Å². The molecule has 2 rings (SSSR count). The van der Waals surface area contributed by atoms with Crippen molar-refractivity contribution >= 4 is 22.7 Å². The van der Waals surface area contributed by atoms with Crippen LogP contribution in [0.25, 0.3) is 11.0 Å². The SMILES string of the molecule is CC(C)(C)OC(=O)Cn1c(C#N)nc2c([N+](=O)[O-])cccc21. The smallest absolute Gasteiger partial charge is 0.326 e. The summed E-state index contributed by atoms with van der Waals surface area (Å²) < 4.78 is 6.52. The fourth-order valence-corrected chi connectivity index (χ4v) is 2.03. The van der Waals surface area contributed by atoms with Gasteiger partial charge in [-0.2, -0.15) is 5.26 Å². The quantitative estimate of drug-likeness (QED) is 0.488. The molecule has 8 nitrogen and oxygen atoms in total. The summed E-state index contributed by atoms with van der Waals surface area (Å²) in [5, 5.41) is 20.2. The number of esters is 1. The second kappa shape index (κ2) is 5.44. The number of nitro groups is 1. The number of carbonyl (C=O) groups is 1. The topological polar surface area (TPSA) is 111 Å². The van der Waals surface area contributed by atoms with Crippen molar-refractivity contribution in [2.75, 3.05) is 0 Å². The van der Waals surface area contributed by atoms with Gasteiger partial charge in [-0.05, 0) is 26.8 Å². The van der Waals surface area contributed by atoms with Crippen LogP contribution in [0.4, 0.5) is 5.69 Å². The van der Waals surface area contributed by atoms with E-state index in [2.05, 4.69) is 4.98 Å². The molecule has 0 amide bonds. The lowest BCUT2D eigenvalue weighted by atomic mass is 10.2. The number of hydrogen-bond donors (Lipinski definition) is 0. The summed E-state index contributed by atoms with van der Waals surface area (Å²) in [6.07, 6.45) is 0. The average Bonchev–Trinajstić information content (AvgIpc) is 2.74. The summed E-state index contributed by atoms with van der Waals surface area (Å²) >= 11 is 0. The second-order valence-electron chi connectivity index (χ2n) is 5.62. The van der Waals surface area contributed by atoms with Gasteiger partial charge in [0.15, 0.2) is 5.52 Å². The number of nitrogens with zero attached hydrogens (tertiary/aromatic N) is 4. The van der Waals surface area contributed by atoms with Crippen molar-refractivity contribution in [2.45, 2.75) is 32.9 Å². The zero-order valence-electron chi connectivity index (χ0n) is 12.4. The van der Waals surface area contributed by atoms with Crippen LogP contribution in [-0.4, -0.2) is 26.0 Å². The van der Waals surface area contributed by atoms with E-state index in [9.17, 15) is 14.9 Å². The number of carbonyl (C=O) groups excluding carboxylic acids is 1. The van der Waals surface area contributed by atoms with Crippen molar-refractivity contribution < 1.29 is 14.5 Å². The van der Waals surface area contributed by atoms with E-state index < -0.39 is 16.5 Å². The number of imidazole rings is 1. The van der Waals surface area contributed by atoms with E-state index in [1.807, 2.05) is 6.07 Å². The number of fused-ring (bicyclic) bond motifs is 1. The number of benzene rings is 1. The summed E-state index contributed by atoms with van der Waals surface area (Å²) in [5.41, 5.74) is -0.451. The third-order valence-corrected chi connectivity index (χ3v) is 2.76. The number of para-hydroxylation sites is 1. The number of hydrogen-bond acceptors (Lipinski definition) is 6. The molecule has 0 saturated heterocycles. The van der Waals surface area contributed by atoms with Crippen LogP contribution in [0.1, 0.15) is 26.6 Å². The standard InChI is InChI=1S/C14H14N4O4/c1-14(2,3)22-12(19)8-17-9-5-4-6-10(18(20)21)13(9)16-11(17)7-15/h4-6H,8H2,1-3H3. The van der Waals surface area contributed by atoms with Gasteiger partial charge in [-0.3, -0.25) is 14.9 Å². The minimum absolute atomic E-state index is 0.0739. The molecular formula is C14H14N4O4. The highest BCUT2D eigenvalue weighted by Gasteiger charge is 2.23. The Labute approximate surface area is 126 Å². The average molecular weight is 302 g/mol. The lowest BCUT2D eigenvalue weighted by molar-refractivity contribution is -0.383. The first-order valence-electron chi connectivity index (χ1n) is 6.48. The van der Waals surface area contributed by atoms with Crippen LogP contribution in [0.5, 0.6) is 0 Å². The van der Waals surface area contributed by atoms with Gasteiger partial charge in [0.05, 0.1) is 10.4 Å². The van der Waals surface area contributed by atoms with Crippen molar-refractivity contribution in [1.29, 1.82) is 5.26 Å². The first-order chi connectivity index (χ1) is 10.2. The summed E-state index contributed by atoms with van der Waals surface area (Å²) in [6, 6.07) is 6.19. The van der Waals surface area contributed by atoms with Gasteiger partial charge in [-0.1, -0.05) is 6.07 Å². The minimum atomic E-state index is -0.660. The summed E-state index contributed by atoms with van der Waals surface area (Å²) in [7, 11) is 0. The maximum absolute atomic E-state index is 11.9. The van der Waals surface area contributed by atoms with Gasteiger partial charge in [-0.25, -0.2) is 4.98 Å². The second-order valence-corrected chi connectivity index (χ2v) is 5.62. The van der Waals surface area contributed by atoms with Gasteiger partial charge < -0.3 is 9.30 Å². The van der Waals surface area contributed by atoms with Crippen LogP contribution in [-0.2, 0) is 16.1 Å². The molecule has 1 aromatic carbocycles.